The van der Waals surface area contributed by atoms with E-state index >= 15 is 0 Å². The molecule has 2 aromatic carbocycles. The Balaban J connectivity index is 0.000000272. The Bertz CT molecular complexity index is 773. The number of carbonyl (C=O) groups excluding carboxylic acids is 2. The van der Waals surface area contributed by atoms with E-state index in [-0.39, 0.29) is 21.7 Å². The third-order valence-corrected chi connectivity index (χ3v) is 4.68. The fourth-order valence-corrected chi connectivity index (χ4v) is 2.78. The van der Waals surface area contributed by atoms with E-state index in [1.54, 1.807) is 24.3 Å². The average Bonchev–Trinajstić information content (AvgIpc) is 2.49. The zero-order chi connectivity index (χ0) is 18.3. The first kappa shape index (κ1) is 19.5. The Morgan fingerprint density at radius 3 is 2.08 bits per heavy atom. The summed E-state index contributed by atoms with van der Waals surface area (Å²) in [5, 5.41) is 11.6. The second-order valence-electron chi connectivity index (χ2n) is 4.66. The quantitative estimate of drug-likeness (QED) is 0.355. The number of carbonyl (C=O) groups is 2. The molecule has 6 N–H and O–H groups in total. The zero-order valence-corrected chi connectivity index (χ0v) is 14.6. The van der Waals surface area contributed by atoms with E-state index in [1.807, 2.05) is 6.07 Å². The number of amides is 2. The van der Waals surface area contributed by atoms with Crippen LogP contribution in [0.1, 0.15) is 17.3 Å². The number of benzene rings is 2. The fourth-order valence-electron chi connectivity index (χ4n) is 1.60. The monoisotopic (exact) mass is 396 g/mol. The van der Waals surface area contributed by atoms with Crippen molar-refractivity contribution in [3.63, 3.8) is 0 Å². The van der Waals surface area contributed by atoms with E-state index in [4.69, 9.17) is 13.9 Å². The molecule has 2 amide bonds. The normalized spacial score (nSPS) is 10.3. The molecular formula is C15H17AsN2O6. The predicted octanol–water partition coefficient (Wildman–Crippen LogP) is -0.303. The van der Waals surface area contributed by atoms with Crippen LogP contribution in [0, 0.1) is 0 Å². The molecule has 128 valence electrons. The third-order valence-electron chi connectivity index (χ3n) is 2.69. The van der Waals surface area contributed by atoms with Gasteiger partial charge in [-0.25, -0.2) is 0 Å². The minimum atomic E-state index is -4.98. The molecule has 0 aliphatic rings. The Kier molecular flexibility index (Phi) is 6.79. The maximum absolute atomic E-state index is 10.9. The number of nitrogens with two attached hydrogens (primary N) is 1. The summed E-state index contributed by atoms with van der Waals surface area (Å²) < 4.78 is 28.6. The largest absolute Gasteiger partial charge is 0.366 e. The van der Waals surface area contributed by atoms with Gasteiger partial charge in [0.2, 0.25) is 5.91 Å². The van der Waals surface area contributed by atoms with Gasteiger partial charge in [0.25, 0.3) is 0 Å². The van der Waals surface area contributed by atoms with Crippen LogP contribution in [0.2, 0.25) is 0 Å². The van der Waals surface area contributed by atoms with Crippen molar-refractivity contribution in [2.45, 2.75) is 6.92 Å². The van der Waals surface area contributed by atoms with Gasteiger partial charge >= 0.3 is 88.1 Å². The summed E-state index contributed by atoms with van der Waals surface area (Å²) in [4.78, 5) is 21.1. The van der Waals surface area contributed by atoms with Crippen LogP contribution in [-0.4, -0.2) is 39.3 Å². The van der Waals surface area contributed by atoms with Gasteiger partial charge in [-0.2, -0.15) is 0 Å². The maximum atomic E-state index is 10.9. The van der Waals surface area contributed by atoms with E-state index in [0.717, 1.165) is 18.2 Å². The Morgan fingerprint density at radius 2 is 1.67 bits per heavy atom. The molecule has 0 aliphatic carbocycles. The van der Waals surface area contributed by atoms with Gasteiger partial charge in [0.15, 0.2) is 0 Å². The van der Waals surface area contributed by atoms with E-state index < -0.39 is 20.1 Å². The number of phenols is 1. The molecule has 0 unspecified atom stereocenters. The summed E-state index contributed by atoms with van der Waals surface area (Å²) in [5.41, 5.74) is 5.52. The Labute approximate surface area is 140 Å². The van der Waals surface area contributed by atoms with E-state index in [1.165, 1.54) is 6.92 Å². The van der Waals surface area contributed by atoms with Gasteiger partial charge in [0.1, 0.15) is 0 Å². The van der Waals surface area contributed by atoms with Crippen LogP contribution in [0.15, 0.2) is 48.5 Å². The Morgan fingerprint density at radius 1 is 1.08 bits per heavy atom. The maximum Gasteiger partial charge on any atom is 0.248 e. The number of hydrogen-bond acceptors (Lipinski definition) is 4. The number of phenolic OH excluding ortho intramolecular Hbond substituents is 1. The van der Waals surface area contributed by atoms with Crippen molar-refractivity contribution in [1.82, 2.24) is 0 Å². The molecule has 0 heterocycles. The SMILES string of the molecule is CC(=O)Nc1cc([As](=O)(O)O)ccc1O.NC(=O)c1ccccc1. The molecule has 0 saturated carbocycles. The van der Waals surface area contributed by atoms with Crippen LogP contribution in [0.4, 0.5) is 5.69 Å². The summed E-state index contributed by atoms with van der Waals surface area (Å²) in [5.74, 6) is -1.05. The van der Waals surface area contributed by atoms with E-state index in [0.29, 0.717) is 5.56 Å². The molecule has 8 nitrogen and oxygen atoms in total. The van der Waals surface area contributed by atoms with Crippen LogP contribution < -0.4 is 15.4 Å². The first-order chi connectivity index (χ1) is 11.1. The van der Waals surface area contributed by atoms with Crippen molar-refractivity contribution < 1.29 is 26.6 Å². The second kappa shape index (κ2) is 8.35. The molecule has 24 heavy (non-hydrogen) atoms. The average molecular weight is 396 g/mol. The van der Waals surface area contributed by atoms with Gasteiger partial charge in [0.05, 0.1) is 0 Å². The first-order valence-corrected chi connectivity index (χ1v) is 10.0. The standard InChI is InChI=1S/C8H10AsNO5.C7H7NO/c1-5(11)10-7-4-6(9(13,14)15)2-3-8(7)12;8-7(9)6-4-2-1-3-5-6/h2-4,12H,1H3,(H,10,11)(H2,13,14,15);1-5H,(H2,8,9). The summed E-state index contributed by atoms with van der Waals surface area (Å²) in [6.07, 6.45) is 0. The molecule has 0 bridgehead atoms. The van der Waals surface area contributed by atoms with Crippen LogP contribution in [-0.2, 0) is 8.53 Å². The van der Waals surface area contributed by atoms with Gasteiger partial charge < -0.3 is 5.73 Å². The Hall–Kier alpha value is -2.54. The summed E-state index contributed by atoms with van der Waals surface area (Å²) in [6, 6.07) is 12.1. The second-order valence-corrected chi connectivity index (χ2v) is 8.02. The fraction of sp³-hybridized carbons (Fsp3) is 0.0667. The van der Waals surface area contributed by atoms with Gasteiger partial charge in [-0.1, -0.05) is 18.2 Å². The van der Waals surface area contributed by atoms with Crippen LogP contribution in [0.5, 0.6) is 5.75 Å². The topological polar surface area (TPSA) is 150 Å². The van der Waals surface area contributed by atoms with Crippen molar-refractivity contribution in [2.24, 2.45) is 5.73 Å². The predicted molar refractivity (Wildman–Crippen MR) is 87.9 cm³/mol. The van der Waals surface area contributed by atoms with Gasteiger partial charge in [0, 0.05) is 5.56 Å². The van der Waals surface area contributed by atoms with Crippen LogP contribution >= 0.6 is 0 Å². The molecule has 0 aromatic heterocycles. The first-order valence-electron chi connectivity index (χ1n) is 6.63. The summed E-state index contributed by atoms with van der Waals surface area (Å²) in [7, 11) is 0. The molecular weight excluding hydrogens is 379 g/mol. The zero-order valence-electron chi connectivity index (χ0n) is 12.7. The summed E-state index contributed by atoms with van der Waals surface area (Å²) >= 11 is -4.98. The number of rotatable bonds is 3. The van der Waals surface area contributed by atoms with Crippen molar-refractivity contribution >= 4 is 36.0 Å². The van der Waals surface area contributed by atoms with Crippen molar-refractivity contribution in [2.75, 3.05) is 5.32 Å². The number of nitrogens with one attached hydrogen (secondary N) is 1. The van der Waals surface area contributed by atoms with E-state index in [9.17, 15) is 18.4 Å². The molecule has 0 spiro atoms. The smallest absolute Gasteiger partial charge is 0.248 e. The minimum absolute atomic E-state index is 0.00951. The molecule has 0 saturated heterocycles. The van der Waals surface area contributed by atoms with Crippen molar-refractivity contribution in [1.29, 1.82) is 0 Å². The van der Waals surface area contributed by atoms with Crippen LogP contribution in [0.3, 0.4) is 0 Å². The van der Waals surface area contributed by atoms with Gasteiger partial charge in [-0.05, 0) is 12.1 Å². The minimum Gasteiger partial charge on any atom is -0.366 e. The molecule has 0 atom stereocenters. The molecule has 0 radical (unpaired) electrons. The molecule has 2 rings (SSSR count). The molecule has 9 heteroatoms. The number of hydrogen-bond donors (Lipinski definition) is 5. The van der Waals surface area contributed by atoms with Crippen molar-refractivity contribution in [3.8, 4) is 5.75 Å². The molecule has 0 aliphatic heterocycles. The van der Waals surface area contributed by atoms with Gasteiger partial charge in [-0.15, -0.1) is 0 Å². The molecule has 2 aromatic rings. The van der Waals surface area contributed by atoms with E-state index in [2.05, 4.69) is 5.32 Å². The number of aromatic hydroxyl groups is 1. The summed E-state index contributed by atoms with van der Waals surface area (Å²) in [6.45, 7) is 1.23. The number of primary amides is 1. The molecule has 0 fully saturated rings. The third kappa shape index (κ3) is 6.29. The number of anilines is 1. The van der Waals surface area contributed by atoms with Crippen LogP contribution in [0.25, 0.3) is 0 Å². The van der Waals surface area contributed by atoms with Gasteiger partial charge in [-0.3, -0.25) is 4.79 Å². The van der Waals surface area contributed by atoms with Crippen molar-refractivity contribution in [3.05, 3.63) is 54.1 Å².